The number of aromatic nitrogens is 1. The number of rotatable bonds is 10. The molecule has 0 atom stereocenters. The molecule has 1 fully saturated rings. The fraction of sp³-hybridized carbons (Fsp3) is 0.478. The van der Waals surface area contributed by atoms with Gasteiger partial charge in [0.15, 0.2) is 5.13 Å². The van der Waals surface area contributed by atoms with E-state index in [0.717, 1.165) is 17.1 Å². The number of amides is 3. The van der Waals surface area contributed by atoms with Crippen molar-refractivity contribution in [1.82, 2.24) is 10.3 Å². The summed E-state index contributed by atoms with van der Waals surface area (Å²) in [5, 5.41) is 6.15. The minimum absolute atomic E-state index is 0.163. The maximum atomic E-state index is 13.3. The zero-order valence-corrected chi connectivity index (χ0v) is 20.6. The predicted octanol–water partition coefficient (Wildman–Crippen LogP) is 4.78. The van der Waals surface area contributed by atoms with Gasteiger partial charge in [-0.2, -0.15) is 0 Å². The van der Waals surface area contributed by atoms with E-state index in [0.29, 0.717) is 42.0 Å². The summed E-state index contributed by atoms with van der Waals surface area (Å²) in [6.07, 6.45) is 6.16. The molecule has 0 saturated heterocycles. The third kappa shape index (κ3) is 7.46. The van der Waals surface area contributed by atoms with Crippen molar-refractivity contribution in [1.29, 1.82) is 0 Å². The van der Waals surface area contributed by atoms with Crippen LogP contribution >= 0.6 is 23.1 Å². The van der Waals surface area contributed by atoms with Crippen molar-refractivity contribution >= 4 is 51.8 Å². The van der Waals surface area contributed by atoms with E-state index in [9.17, 15) is 14.4 Å². The molecule has 2 N–H and O–H groups in total. The van der Waals surface area contributed by atoms with Crippen LogP contribution in [0.5, 0.6) is 0 Å². The molecule has 0 unspecified atom stereocenters. The summed E-state index contributed by atoms with van der Waals surface area (Å²) in [5.74, 6) is 0.181. The van der Waals surface area contributed by atoms with E-state index in [2.05, 4.69) is 15.6 Å². The third-order valence-corrected chi connectivity index (χ3v) is 7.33. The summed E-state index contributed by atoms with van der Waals surface area (Å²) >= 11 is 2.64. The van der Waals surface area contributed by atoms with Gasteiger partial charge in [0.05, 0.1) is 22.8 Å². The van der Waals surface area contributed by atoms with Crippen LogP contribution in [0.25, 0.3) is 0 Å². The number of esters is 1. The van der Waals surface area contributed by atoms with Crippen LogP contribution < -0.4 is 15.5 Å². The Morgan fingerprint density at radius 2 is 2.03 bits per heavy atom. The molecule has 1 aromatic carbocycles. The minimum Gasteiger partial charge on any atom is -0.465 e. The molecule has 0 bridgehead atoms. The molecular weight excluding hydrogens is 460 g/mol. The number of hydrogen-bond acceptors (Lipinski definition) is 7. The average Bonchev–Trinajstić information content (AvgIpc) is 3.48. The van der Waals surface area contributed by atoms with E-state index in [1.165, 1.54) is 35.9 Å². The van der Waals surface area contributed by atoms with Crippen LogP contribution in [-0.4, -0.2) is 48.3 Å². The molecule has 1 aliphatic rings. The van der Waals surface area contributed by atoms with Crippen molar-refractivity contribution in [3.8, 4) is 0 Å². The van der Waals surface area contributed by atoms with Gasteiger partial charge < -0.3 is 10.1 Å². The van der Waals surface area contributed by atoms with Gasteiger partial charge in [0.2, 0.25) is 0 Å². The summed E-state index contributed by atoms with van der Waals surface area (Å²) in [6.45, 7) is 5.11. The van der Waals surface area contributed by atoms with Crippen molar-refractivity contribution in [3.05, 3.63) is 36.0 Å². The molecule has 3 rings (SSSR count). The van der Waals surface area contributed by atoms with Crippen molar-refractivity contribution in [2.75, 3.05) is 35.7 Å². The molecule has 10 heteroatoms. The molecule has 1 aromatic heterocycles. The van der Waals surface area contributed by atoms with Gasteiger partial charge in [0.1, 0.15) is 0 Å². The van der Waals surface area contributed by atoms with Gasteiger partial charge in [0, 0.05) is 24.3 Å². The number of carbonyl (C=O) groups excluding carboxylic acids is 3. The fourth-order valence-electron chi connectivity index (χ4n) is 3.71. The largest absolute Gasteiger partial charge is 0.465 e. The van der Waals surface area contributed by atoms with E-state index in [1.807, 2.05) is 13.0 Å². The Morgan fingerprint density at radius 1 is 1.24 bits per heavy atom. The lowest BCUT2D eigenvalue weighted by Gasteiger charge is -2.26. The van der Waals surface area contributed by atoms with E-state index >= 15 is 0 Å². The lowest BCUT2D eigenvalue weighted by molar-refractivity contribution is -0.139. The third-order valence-electron chi connectivity index (χ3n) is 5.25. The van der Waals surface area contributed by atoms with E-state index in [-0.39, 0.29) is 23.7 Å². The average molecular weight is 491 g/mol. The lowest BCUT2D eigenvalue weighted by atomic mass is 10.1. The number of benzene rings is 1. The molecule has 33 heavy (non-hydrogen) atoms. The van der Waals surface area contributed by atoms with Gasteiger partial charge in [-0.05, 0) is 50.8 Å². The molecule has 1 heterocycles. The van der Waals surface area contributed by atoms with Crippen molar-refractivity contribution in [2.45, 2.75) is 43.7 Å². The van der Waals surface area contributed by atoms with Crippen LogP contribution in [0.3, 0.4) is 0 Å². The van der Waals surface area contributed by atoms with Gasteiger partial charge in [0.25, 0.3) is 5.91 Å². The van der Waals surface area contributed by atoms with Crippen LogP contribution in [0.15, 0.2) is 34.7 Å². The van der Waals surface area contributed by atoms with Crippen molar-refractivity contribution < 1.29 is 19.1 Å². The molecule has 0 radical (unpaired) electrons. The Bertz CT molecular complexity index is 959. The first kappa shape index (κ1) is 25.0. The number of anilines is 2. The predicted molar refractivity (Wildman–Crippen MR) is 132 cm³/mol. The number of thiazole rings is 1. The molecule has 8 nitrogen and oxygen atoms in total. The molecular formula is C23H30N4O4S2. The van der Waals surface area contributed by atoms with Crippen LogP contribution in [0, 0.1) is 5.92 Å². The van der Waals surface area contributed by atoms with E-state index in [4.69, 9.17) is 4.74 Å². The molecule has 0 aliphatic heterocycles. The molecule has 3 amide bonds. The zero-order chi connectivity index (χ0) is 23.6. The quantitative estimate of drug-likeness (QED) is 0.367. The van der Waals surface area contributed by atoms with Crippen molar-refractivity contribution in [3.63, 3.8) is 0 Å². The summed E-state index contributed by atoms with van der Waals surface area (Å²) in [4.78, 5) is 43.1. The normalized spacial score (nSPS) is 13.5. The summed E-state index contributed by atoms with van der Waals surface area (Å²) in [5.41, 5.74) is 1.20. The number of nitrogens with zero attached hydrogens (tertiary/aromatic N) is 2. The lowest BCUT2D eigenvalue weighted by Crippen LogP contribution is -2.38. The van der Waals surface area contributed by atoms with Gasteiger partial charge in [-0.3, -0.25) is 19.8 Å². The molecule has 2 aromatic rings. The Hall–Kier alpha value is -2.59. The van der Waals surface area contributed by atoms with Gasteiger partial charge in [-0.1, -0.05) is 30.2 Å². The second-order valence-corrected chi connectivity index (χ2v) is 9.99. The SMILES string of the molecule is CCNC(=O)c1cccc(N(CC2CCCC2)C(=O)Nc2ncc(SCC(=O)OCC)s2)c1. The summed E-state index contributed by atoms with van der Waals surface area (Å²) in [7, 11) is 0. The number of carbonyl (C=O) groups is 3. The molecule has 0 spiro atoms. The Morgan fingerprint density at radius 3 is 2.76 bits per heavy atom. The number of nitrogens with one attached hydrogen (secondary N) is 2. The highest BCUT2D eigenvalue weighted by Crippen LogP contribution is 2.31. The first-order valence-corrected chi connectivity index (χ1v) is 13.0. The standard InChI is InChI=1S/C23H30N4O4S2/c1-3-24-21(29)17-10-7-11-18(12-17)27(14-16-8-5-6-9-16)23(30)26-22-25-13-20(33-22)32-15-19(28)31-4-2/h7,10-13,16H,3-6,8-9,14-15H2,1-2H3,(H,24,29)(H,25,26,30). The second kappa shape index (κ2) is 12.6. The number of urea groups is 1. The number of ether oxygens (including phenoxy) is 1. The van der Waals surface area contributed by atoms with Crippen LogP contribution in [0.1, 0.15) is 49.9 Å². The Kier molecular flexibility index (Phi) is 9.56. The van der Waals surface area contributed by atoms with Crippen molar-refractivity contribution in [2.24, 2.45) is 5.92 Å². The minimum atomic E-state index is -0.286. The number of hydrogen-bond donors (Lipinski definition) is 2. The highest BCUT2D eigenvalue weighted by molar-refractivity contribution is 8.01. The Balaban J connectivity index is 1.72. The highest BCUT2D eigenvalue weighted by atomic mass is 32.2. The monoisotopic (exact) mass is 490 g/mol. The fourth-order valence-corrected chi connectivity index (χ4v) is 5.37. The van der Waals surface area contributed by atoms with Crippen LogP contribution in [0.4, 0.5) is 15.6 Å². The molecule has 1 aliphatic carbocycles. The topological polar surface area (TPSA) is 101 Å². The summed E-state index contributed by atoms with van der Waals surface area (Å²) < 4.78 is 5.76. The molecule has 1 saturated carbocycles. The highest BCUT2D eigenvalue weighted by Gasteiger charge is 2.24. The van der Waals surface area contributed by atoms with Crippen LogP contribution in [-0.2, 0) is 9.53 Å². The maximum Gasteiger partial charge on any atom is 0.328 e. The first-order chi connectivity index (χ1) is 16.0. The zero-order valence-electron chi connectivity index (χ0n) is 19.0. The van der Waals surface area contributed by atoms with E-state index < -0.39 is 0 Å². The van der Waals surface area contributed by atoms with Gasteiger partial charge >= 0.3 is 12.0 Å². The van der Waals surface area contributed by atoms with Gasteiger partial charge in [-0.15, -0.1) is 11.8 Å². The second-order valence-electron chi connectivity index (χ2n) is 7.68. The summed E-state index contributed by atoms with van der Waals surface area (Å²) in [6, 6.07) is 6.85. The van der Waals surface area contributed by atoms with Gasteiger partial charge in [-0.25, -0.2) is 9.78 Å². The number of thioether (sulfide) groups is 1. The first-order valence-electron chi connectivity index (χ1n) is 11.2. The van der Waals surface area contributed by atoms with E-state index in [1.54, 1.807) is 36.2 Å². The smallest absolute Gasteiger partial charge is 0.328 e. The van der Waals surface area contributed by atoms with Crippen LogP contribution in [0.2, 0.25) is 0 Å². The maximum absolute atomic E-state index is 13.3. The molecule has 178 valence electrons. The Labute approximate surface area is 202 Å².